The third-order valence-corrected chi connectivity index (χ3v) is 6.06. The Hall–Kier alpha value is -3.71. The van der Waals surface area contributed by atoms with Crippen LogP contribution in [0, 0.1) is 0 Å². The molecule has 0 aromatic heterocycles. The fourth-order valence-electron chi connectivity index (χ4n) is 4.15. The maximum absolute atomic E-state index is 13.3. The zero-order valence-electron chi connectivity index (χ0n) is 19.1. The van der Waals surface area contributed by atoms with Crippen molar-refractivity contribution in [2.75, 3.05) is 26.6 Å². The number of hydrogen-bond donors (Lipinski definition) is 1. The highest BCUT2D eigenvalue weighted by molar-refractivity contribution is 6.30. The first-order valence-corrected chi connectivity index (χ1v) is 11.1. The van der Waals surface area contributed by atoms with Gasteiger partial charge in [0.1, 0.15) is 0 Å². The van der Waals surface area contributed by atoms with Gasteiger partial charge in [0.15, 0.2) is 11.5 Å². The van der Waals surface area contributed by atoms with Crippen molar-refractivity contribution in [1.82, 2.24) is 4.90 Å². The highest BCUT2D eigenvalue weighted by atomic mass is 35.5. The van der Waals surface area contributed by atoms with Crippen molar-refractivity contribution in [3.8, 4) is 17.2 Å². The molecule has 0 bridgehead atoms. The van der Waals surface area contributed by atoms with Gasteiger partial charge in [-0.25, -0.2) is 0 Å². The van der Waals surface area contributed by atoms with E-state index in [1.54, 1.807) is 47.4 Å². The van der Waals surface area contributed by atoms with Crippen LogP contribution < -0.4 is 19.5 Å². The average Bonchev–Trinajstić information content (AvgIpc) is 3.19. The van der Waals surface area contributed by atoms with Crippen molar-refractivity contribution in [2.45, 2.75) is 19.0 Å². The molecule has 4 rings (SSSR count). The number of anilines is 1. The molecule has 0 spiro atoms. The van der Waals surface area contributed by atoms with Crippen molar-refractivity contribution in [3.05, 3.63) is 82.4 Å². The number of fused-ring (bicyclic) bond motifs is 1. The molecule has 8 heteroatoms. The molecular weight excluding hydrogens is 456 g/mol. The highest BCUT2D eigenvalue weighted by Gasteiger charge is 2.35. The molecule has 1 atom stereocenters. The molecule has 0 saturated heterocycles. The lowest BCUT2D eigenvalue weighted by atomic mass is 10.00. The van der Waals surface area contributed by atoms with Crippen LogP contribution >= 0.6 is 11.6 Å². The zero-order chi connectivity index (χ0) is 24.2. The second-order valence-corrected chi connectivity index (χ2v) is 8.26. The summed E-state index contributed by atoms with van der Waals surface area (Å²) in [4.78, 5) is 28.1. The van der Waals surface area contributed by atoms with E-state index in [4.69, 9.17) is 25.8 Å². The lowest BCUT2D eigenvalue weighted by molar-refractivity contribution is -0.117. The van der Waals surface area contributed by atoms with E-state index in [2.05, 4.69) is 5.32 Å². The number of carbonyl (C=O) groups excluding carboxylic acids is 2. The van der Waals surface area contributed by atoms with Gasteiger partial charge in [-0.1, -0.05) is 29.8 Å². The van der Waals surface area contributed by atoms with Gasteiger partial charge in [0.25, 0.3) is 5.91 Å². The molecule has 3 aromatic rings. The van der Waals surface area contributed by atoms with E-state index in [0.29, 0.717) is 45.6 Å². The van der Waals surface area contributed by atoms with Crippen LogP contribution in [0.5, 0.6) is 17.2 Å². The number of carbonyl (C=O) groups is 2. The summed E-state index contributed by atoms with van der Waals surface area (Å²) in [6.45, 7) is 0.393. The molecule has 1 aliphatic heterocycles. The fraction of sp³-hybridized carbons (Fsp3) is 0.231. The Labute approximate surface area is 203 Å². The maximum atomic E-state index is 13.3. The normalized spacial score (nSPS) is 13.3. The molecule has 0 aliphatic carbocycles. The second-order valence-electron chi connectivity index (χ2n) is 7.82. The number of methoxy groups -OCH3 is 3. The van der Waals surface area contributed by atoms with Crippen LogP contribution in [-0.2, 0) is 11.3 Å². The van der Waals surface area contributed by atoms with E-state index in [0.717, 1.165) is 5.56 Å². The largest absolute Gasteiger partial charge is 0.493 e. The average molecular weight is 481 g/mol. The Bertz CT molecular complexity index is 1190. The van der Waals surface area contributed by atoms with E-state index in [9.17, 15) is 9.59 Å². The summed E-state index contributed by atoms with van der Waals surface area (Å²) in [6, 6.07) is 17.3. The topological polar surface area (TPSA) is 77.1 Å². The Kier molecular flexibility index (Phi) is 6.93. The molecule has 0 radical (unpaired) electrons. The first kappa shape index (κ1) is 23.4. The van der Waals surface area contributed by atoms with E-state index < -0.39 is 6.04 Å². The number of nitrogens with zero attached hydrogens (tertiary/aromatic N) is 1. The molecule has 2 amide bonds. The summed E-state index contributed by atoms with van der Waals surface area (Å²) in [5.74, 6) is 0.959. The number of halogens is 1. The zero-order valence-corrected chi connectivity index (χ0v) is 19.9. The van der Waals surface area contributed by atoms with E-state index in [-0.39, 0.29) is 18.2 Å². The molecule has 7 nitrogen and oxygen atoms in total. The summed E-state index contributed by atoms with van der Waals surface area (Å²) in [5.41, 5.74) is 2.87. The van der Waals surface area contributed by atoms with Crippen molar-refractivity contribution in [1.29, 1.82) is 0 Å². The molecular formula is C26H25ClN2O5. The fourth-order valence-corrected chi connectivity index (χ4v) is 4.28. The van der Waals surface area contributed by atoms with Crippen molar-refractivity contribution in [2.24, 2.45) is 0 Å². The first-order chi connectivity index (χ1) is 16.4. The monoisotopic (exact) mass is 480 g/mol. The standard InChI is InChI=1S/C26H25ClN2O5/c1-32-22-12-17(13-23(33-2)25(22)34-3)21(14-24(30)28-19-10-8-18(27)9-11-19)29-15-16-6-4-5-7-20(16)26(29)31/h4-13,21H,14-15H2,1-3H3,(H,28,30). The van der Waals surface area contributed by atoms with E-state index in [1.165, 1.54) is 21.3 Å². The highest BCUT2D eigenvalue weighted by Crippen LogP contribution is 2.43. The summed E-state index contributed by atoms with van der Waals surface area (Å²) in [6.07, 6.45) is 0.0288. The summed E-state index contributed by atoms with van der Waals surface area (Å²) >= 11 is 5.95. The molecule has 1 aliphatic rings. The smallest absolute Gasteiger partial charge is 0.255 e. The van der Waals surface area contributed by atoms with Crippen molar-refractivity contribution >= 4 is 29.1 Å². The molecule has 0 saturated carbocycles. The SMILES string of the molecule is COc1cc(C(CC(=O)Nc2ccc(Cl)cc2)N2Cc3ccccc3C2=O)cc(OC)c1OC. The van der Waals surface area contributed by atoms with E-state index >= 15 is 0 Å². The lowest BCUT2D eigenvalue weighted by Gasteiger charge is -2.29. The van der Waals surface area contributed by atoms with Crippen molar-refractivity contribution < 1.29 is 23.8 Å². The van der Waals surface area contributed by atoms with E-state index in [1.807, 2.05) is 18.2 Å². The maximum Gasteiger partial charge on any atom is 0.255 e. The van der Waals surface area contributed by atoms with Gasteiger partial charge in [0.05, 0.1) is 33.8 Å². The van der Waals surface area contributed by atoms with Gasteiger partial charge in [0, 0.05) is 22.8 Å². The summed E-state index contributed by atoms with van der Waals surface area (Å²) in [7, 11) is 4.58. The Morgan fingerprint density at radius 1 is 1.00 bits per heavy atom. The number of ether oxygens (including phenoxy) is 3. The minimum Gasteiger partial charge on any atom is -0.493 e. The van der Waals surface area contributed by atoms with Gasteiger partial charge in [0.2, 0.25) is 11.7 Å². The predicted octanol–water partition coefficient (Wildman–Crippen LogP) is 5.09. The number of amides is 2. The van der Waals surface area contributed by atoms with Gasteiger partial charge < -0.3 is 24.4 Å². The van der Waals surface area contributed by atoms with Gasteiger partial charge in [-0.05, 0) is 53.6 Å². The molecule has 1 unspecified atom stereocenters. The molecule has 0 fully saturated rings. The van der Waals surface area contributed by atoms with Crippen LogP contribution in [0.3, 0.4) is 0 Å². The molecule has 176 valence electrons. The second kappa shape index (κ2) is 10.1. The summed E-state index contributed by atoms with van der Waals surface area (Å²) in [5, 5.41) is 3.46. The quantitative estimate of drug-likeness (QED) is 0.486. The molecule has 1 heterocycles. The van der Waals surface area contributed by atoms with Gasteiger partial charge in [-0.15, -0.1) is 0 Å². The Morgan fingerprint density at radius 2 is 1.65 bits per heavy atom. The molecule has 34 heavy (non-hydrogen) atoms. The van der Waals surface area contributed by atoms with Gasteiger partial charge >= 0.3 is 0 Å². The molecule has 1 N–H and O–H groups in total. The number of nitrogens with one attached hydrogen (secondary N) is 1. The Balaban J connectivity index is 1.71. The van der Waals surface area contributed by atoms with Crippen LogP contribution in [0.4, 0.5) is 5.69 Å². The lowest BCUT2D eigenvalue weighted by Crippen LogP contribution is -2.32. The van der Waals surface area contributed by atoms with Gasteiger partial charge in [-0.3, -0.25) is 9.59 Å². The number of rotatable bonds is 8. The third kappa shape index (κ3) is 4.65. The Morgan fingerprint density at radius 3 is 2.24 bits per heavy atom. The van der Waals surface area contributed by atoms with Crippen LogP contribution in [-0.4, -0.2) is 38.0 Å². The van der Waals surface area contributed by atoms with Crippen LogP contribution in [0.1, 0.15) is 33.9 Å². The van der Waals surface area contributed by atoms with Crippen LogP contribution in [0.2, 0.25) is 5.02 Å². The van der Waals surface area contributed by atoms with Crippen LogP contribution in [0.25, 0.3) is 0 Å². The third-order valence-electron chi connectivity index (χ3n) is 5.80. The van der Waals surface area contributed by atoms with Crippen molar-refractivity contribution in [3.63, 3.8) is 0 Å². The molecule has 3 aromatic carbocycles. The number of hydrogen-bond acceptors (Lipinski definition) is 5. The number of benzene rings is 3. The van der Waals surface area contributed by atoms with Gasteiger partial charge in [-0.2, -0.15) is 0 Å². The minimum absolute atomic E-state index is 0.0288. The first-order valence-electron chi connectivity index (χ1n) is 10.7. The summed E-state index contributed by atoms with van der Waals surface area (Å²) < 4.78 is 16.5. The predicted molar refractivity (Wildman–Crippen MR) is 130 cm³/mol. The van der Waals surface area contributed by atoms with Crippen LogP contribution in [0.15, 0.2) is 60.7 Å². The minimum atomic E-state index is -0.569.